The first-order valence-corrected chi connectivity index (χ1v) is 6.03. The smallest absolute Gasteiger partial charge is 0.230 e. The van der Waals surface area contributed by atoms with E-state index in [0.717, 1.165) is 5.56 Å². The van der Waals surface area contributed by atoms with Crippen LogP contribution in [-0.4, -0.2) is 18.2 Å². The van der Waals surface area contributed by atoms with Gasteiger partial charge in [0, 0.05) is 0 Å². The summed E-state index contributed by atoms with van der Waals surface area (Å²) in [5.41, 5.74) is 6.84. The van der Waals surface area contributed by atoms with E-state index in [4.69, 9.17) is 10.6 Å². The van der Waals surface area contributed by atoms with Crippen LogP contribution in [0.25, 0.3) is 0 Å². The lowest BCUT2D eigenvalue weighted by Crippen LogP contribution is -2.27. The molecule has 2 N–H and O–H groups in total. The largest absolute Gasteiger partial charge is 0.396 e. The third-order valence-corrected chi connectivity index (χ3v) is 2.45. The van der Waals surface area contributed by atoms with E-state index < -0.39 is 11.8 Å². The minimum absolute atomic E-state index is 0.394. The quantitative estimate of drug-likeness (QED) is 0.620. The van der Waals surface area contributed by atoms with Crippen LogP contribution in [0.4, 0.5) is 0 Å². The van der Waals surface area contributed by atoms with Crippen molar-refractivity contribution in [1.82, 2.24) is 0 Å². The molecule has 1 atom stereocenters. The number of carbonyl (C=O) groups is 1. The standard InChI is InChI=1S/C14H20N2O2/c1-10(2)9-18-16-11(3)13(14(15)17)12-7-5-4-6-8-12/h4-8,10,13H,9H2,1-3H3,(H2,15,17)/b16-11+. The van der Waals surface area contributed by atoms with E-state index in [1.165, 1.54) is 0 Å². The average molecular weight is 248 g/mol. The van der Waals surface area contributed by atoms with Crippen molar-refractivity contribution < 1.29 is 9.63 Å². The summed E-state index contributed by atoms with van der Waals surface area (Å²) in [6.07, 6.45) is 0. The normalized spacial score (nSPS) is 13.4. The second kappa shape index (κ2) is 6.79. The van der Waals surface area contributed by atoms with Crippen LogP contribution >= 0.6 is 0 Å². The van der Waals surface area contributed by atoms with Crippen LogP contribution in [0.2, 0.25) is 0 Å². The Hall–Kier alpha value is -1.84. The number of nitrogens with two attached hydrogens (primary N) is 1. The molecule has 18 heavy (non-hydrogen) atoms. The van der Waals surface area contributed by atoms with E-state index in [-0.39, 0.29) is 0 Å². The Bertz CT molecular complexity index is 413. The fourth-order valence-corrected chi connectivity index (χ4v) is 1.60. The molecule has 0 heterocycles. The summed E-state index contributed by atoms with van der Waals surface area (Å²) in [5.74, 6) is -0.556. The van der Waals surface area contributed by atoms with Crippen LogP contribution in [0.5, 0.6) is 0 Å². The molecule has 1 rings (SSSR count). The zero-order chi connectivity index (χ0) is 13.5. The van der Waals surface area contributed by atoms with Gasteiger partial charge in [-0.25, -0.2) is 0 Å². The molecule has 98 valence electrons. The van der Waals surface area contributed by atoms with Gasteiger partial charge in [-0.2, -0.15) is 0 Å². The fraction of sp³-hybridized carbons (Fsp3) is 0.429. The summed E-state index contributed by atoms with van der Waals surface area (Å²) < 4.78 is 0. The van der Waals surface area contributed by atoms with Gasteiger partial charge in [-0.15, -0.1) is 0 Å². The van der Waals surface area contributed by atoms with Crippen molar-refractivity contribution >= 4 is 11.6 Å². The second-order valence-electron chi connectivity index (χ2n) is 4.67. The number of carbonyl (C=O) groups excluding carboxylic acids is 1. The van der Waals surface area contributed by atoms with Crippen LogP contribution in [-0.2, 0) is 9.63 Å². The van der Waals surface area contributed by atoms with Crippen LogP contribution in [0.1, 0.15) is 32.3 Å². The number of hydrogen-bond acceptors (Lipinski definition) is 3. The maximum absolute atomic E-state index is 11.5. The zero-order valence-corrected chi connectivity index (χ0v) is 11.1. The first-order chi connectivity index (χ1) is 8.52. The molecule has 0 aliphatic heterocycles. The monoisotopic (exact) mass is 248 g/mol. The van der Waals surface area contributed by atoms with E-state index >= 15 is 0 Å². The Balaban J connectivity index is 2.83. The molecule has 1 aromatic rings. The van der Waals surface area contributed by atoms with Gasteiger partial charge in [0.1, 0.15) is 12.5 Å². The molecule has 1 aromatic carbocycles. The fourth-order valence-electron chi connectivity index (χ4n) is 1.60. The summed E-state index contributed by atoms with van der Waals surface area (Å²) in [7, 11) is 0. The highest BCUT2D eigenvalue weighted by Gasteiger charge is 2.21. The maximum atomic E-state index is 11.5. The lowest BCUT2D eigenvalue weighted by molar-refractivity contribution is -0.118. The van der Waals surface area contributed by atoms with Crippen LogP contribution in [0.15, 0.2) is 35.5 Å². The van der Waals surface area contributed by atoms with Crippen LogP contribution in [0.3, 0.4) is 0 Å². The number of oxime groups is 1. The number of nitrogens with zero attached hydrogens (tertiary/aromatic N) is 1. The minimum Gasteiger partial charge on any atom is -0.396 e. The Morgan fingerprint density at radius 3 is 2.44 bits per heavy atom. The van der Waals surface area contributed by atoms with Gasteiger partial charge in [-0.1, -0.05) is 49.3 Å². The molecule has 4 nitrogen and oxygen atoms in total. The number of hydrogen-bond donors (Lipinski definition) is 1. The molecule has 0 fully saturated rings. The highest BCUT2D eigenvalue weighted by atomic mass is 16.6. The zero-order valence-electron chi connectivity index (χ0n) is 11.1. The third-order valence-electron chi connectivity index (χ3n) is 2.45. The van der Waals surface area contributed by atoms with Crippen LogP contribution < -0.4 is 5.73 Å². The highest BCUT2D eigenvalue weighted by Crippen LogP contribution is 2.17. The van der Waals surface area contributed by atoms with E-state index in [2.05, 4.69) is 5.16 Å². The second-order valence-corrected chi connectivity index (χ2v) is 4.67. The Kier molecular flexibility index (Phi) is 5.36. The molecule has 4 heteroatoms. The molecular weight excluding hydrogens is 228 g/mol. The lowest BCUT2D eigenvalue weighted by Gasteiger charge is -2.13. The molecule has 0 spiro atoms. The summed E-state index contributed by atoms with van der Waals surface area (Å²) >= 11 is 0. The third kappa shape index (κ3) is 4.20. The Morgan fingerprint density at radius 1 is 1.33 bits per heavy atom. The van der Waals surface area contributed by atoms with Crippen molar-refractivity contribution in [1.29, 1.82) is 0 Å². The maximum Gasteiger partial charge on any atom is 0.230 e. The molecular formula is C14H20N2O2. The lowest BCUT2D eigenvalue weighted by atomic mass is 9.94. The predicted octanol–water partition coefficient (Wildman–Crippen LogP) is 2.30. The summed E-state index contributed by atoms with van der Waals surface area (Å²) in [6, 6.07) is 9.35. The van der Waals surface area contributed by atoms with Gasteiger partial charge in [0.15, 0.2) is 0 Å². The van der Waals surface area contributed by atoms with E-state index in [1.807, 2.05) is 44.2 Å². The first kappa shape index (κ1) is 14.2. The Morgan fingerprint density at radius 2 is 1.94 bits per heavy atom. The number of amides is 1. The van der Waals surface area contributed by atoms with E-state index in [9.17, 15) is 4.79 Å². The van der Waals surface area contributed by atoms with Gasteiger partial charge in [0.2, 0.25) is 5.91 Å². The van der Waals surface area contributed by atoms with Gasteiger partial charge >= 0.3 is 0 Å². The van der Waals surface area contributed by atoms with E-state index in [1.54, 1.807) is 6.92 Å². The Labute approximate surface area is 108 Å². The molecule has 1 unspecified atom stereocenters. The van der Waals surface area contributed by atoms with E-state index in [0.29, 0.717) is 18.2 Å². The molecule has 0 radical (unpaired) electrons. The molecule has 0 aliphatic carbocycles. The molecule has 0 aromatic heterocycles. The highest BCUT2D eigenvalue weighted by molar-refractivity contribution is 6.07. The molecule has 0 saturated heterocycles. The van der Waals surface area contributed by atoms with Gasteiger partial charge < -0.3 is 10.6 Å². The SMILES string of the molecule is C/C(=N\OCC(C)C)C(C(N)=O)c1ccccc1. The molecule has 0 saturated carbocycles. The first-order valence-electron chi connectivity index (χ1n) is 6.03. The number of primary amides is 1. The van der Waals surface area contributed by atoms with Crippen molar-refractivity contribution in [2.45, 2.75) is 26.7 Å². The average Bonchev–Trinajstić information content (AvgIpc) is 2.29. The minimum atomic E-state index is -0.529. The summed E-state index contributed by atoms with van der Waals surface area (Å²) in [5, 5.41) is 3.98. The molecule has 0 bridgehead atoms. The summed E-state index contributed by atoms with van der Waals surface area (Å²) in [6.45, 7) is 6.35. The van der Waals surface area contributed by atoms with Gasteiger partial charge in [0.25, 0.3) is 0 Å². The van der Waals surface area contributed by atoms with Gasteiger partial charge in [-0.3, -0.25) is 4.79 Å². The van der Waals surface area contributed by atoms with Crippen molar-refractivity contribution in [2.24, 2.45) is 16.8 Å². The number of rotatable bonds is 6. The number of benzene rings is 1. The predicted molar refractivity (Wildman–Crippen MR) is 72.3 cm³/mol. The van der Waals surface area contributed by atoms with Crippen molar-refractivity contribution in [3.8, 4) is 0 Å². The topological polar surface area (TPSA) is 64.7 Å². The summed E-state index contributed by atoms with van der Waals surface area (Å²) in [4.78, 5) is 16.7. The molecule has 1 amide bonds. The van der Waals surface area contributed by atoms with Crippen molar-refractivity contribution in [2.75, 3.05) is 6.61 Å². The van der Waals surface area contributed by atoms with Gasteiger partial charge in [0.05, 0.1) is 5.71 Å². The molecule has 0 aliphatic rings. The van der Waals surface area contributed by atoms with Crippen LogP contribution in [0, 0.1) is 5.92 Å². The van der Waals surface area contributed by atoms with Gasteiger partial charge in [-0.05, 0) is 18.4 Å². The van der Waals surface area contributed by atoms with Crippen molar-refractivity contribution in [3.63, 3.8) is 0 Å². The van der Waals surface area contributed by atoms with Crippen molar-refractivity contribution in [3.05, 3.63) is 35.9 Å².